The lowest BCUT2D eigenvalue weighted by Crippen LogP contribution is -2.30. The van der Waals surface area contributed by atoms with Crippen LogP contribution in [0.4, 0.5) is 0 Å². The summed E-state index contributed by atoms with van der Waals surface area (Å²) in [5.74, 6) is -0.409. The maximum Gasteiger partial charge on any atom is 0.306 e. The van der Waals surface area contributed by atoms with Gasteiger partial charge in [-0.3, -0.25) is 9.59 Å². The highest BCUT2D eigenvalue weighted by molar-refractivity contribution is 5.70. The first-order chi connectivity index (χ1) is 28.6. The molecule has 0 spiro atoms. The van der Waals surface area contributed by atoms with Crippen LogP contribution in [0, 0.1) is 0 Å². The van der Waals surface area contributed by atoms with Gasteiger partial charge in [0.2, 0.25) is 0 Å². The van der Waals surface area contributed by atoms with Crippen molar-refractivity contribution < 1.29 is 23.8 Å². The molecule has 338 valence electrons. The van der Waals surface area contributed by atoms with Crippen molar-refractivity contribution in [1.29, 1.82) is 0 Å². The second-order valence-corrected chi connectivity index (χ2v) is 16.7. The zero-order valence-corrected chi connectivity index (χ0v) is 38.8. The molecule has 0 aromatic carbocycles. The van der Waals surface area contributed by atoms with Crippen molar-refractivity contribution in [2.45, 2.75) is 258 Å². The van der Waals surface area contributed by atoms with E-state index in [4.69, 9.17) is 14.2 Å². The summed E-state index contributed by atoms with van der Waals surface area (Å²) in [4.78, 5) is 25.3. The lowest BCUT2D eigenvalue weighted by Gasteiger charge is -2.18. The first-order valence-electron chi connectivity index (χ1n) is 25.2. The molecule has 0 fully saturated rings. The molecule has 0 bridgehead atoms. The number of hydrogen-bond donors (Lipinski definition) is 0. The summed E-state index contributed by atoms with van der Waals surface area (Å²) in [6, 6.07) is 0. The quantitative estimate of drug-likeness (QED) is 0.0348. The van der Waals surface area contributed by atoms with E-state index in [0.717, 1.165) is 64.2 Å². The smallest absolute Gasteiger partial charge is 0.306 e. The minimum absolute atomic E-state index is 0.0800. The molecule has 5 nitrogen and oxygen atoms in total. The van der Waals surface area contributed by atoms with Crippen molar-refractivity contribution in [3.05, 3.63) is 48.6 Å². The summed E-state index contributed by atoms with van der Waals surface area (Å²) in [7, 11) is 0. The van der Waals surface area contributed by atoms with Gasteiger partial charge in [0.05, 0.1) is 6.61 Å². The van der Waals surface area contributed by atoms with Crippen molar-refractivity contribution in [2.75, 3.05) is 19.8 Å². The van der Waals surface area contributed by atoms with Gasteiger partial charge < -0.3 is 14.2 Å². The Morgan fingerprint density at radius 2 is 0.724 bits per heavy atom. The van der Waals surface area contributed by atoms with Crippen molar-refractivity contribution in [3.8, 4) is 0 Å². The molecule has 58 heavy (non-hydrogen) atoms. The van der Waals surface area contributed by atoms with E-state index in [2.05, 4.69) is 69.4 Å². The van der Waals surface area contributed by atoms with Gasteiger partial charge in [-0.1, -0.05) is 204 Å². The van der Waals surface area contributed by atoms with Gasteiger partial charge in [0.1, 0.15) is 6.61 Å². The molecule has 0 aromatic heterocycles. The fourth-order valence-corrected chi connectivity index (χ4v) is 7.04. The number of allylic oxidation sites excluding steroid dienone is 8. The van der Waals surface area contributed by atoms with Gasteiger partial charge >= 0.3 is 11.9 Å². The number of rotatable bonds is 46. The van der Waals surface area contributed by atoms with E-state index in [0.29, 0.717) is 19.4 Å². The SMILES string of the molecule is CCCCC/C=C\C/C=C\CCCCCCCCCC(=O)OCC(COCCCCCCCCCC)OC(=O)CCCCCCCCC/C=C\C/C=C\CCCCC. The van der Waals surface area contributed by atoms with Gasteiger partial charge in [0, 0.05) is 19.4 Å². The van der Waals surface area contributed by atoms with E-state index < -0.39 is 6.10 Å². The Morgan fingerprint density at radius 3 is 1.17 bits per heavy atom. The van der Waals surface area contributed by atoms with Crippen molar-refractivity contribution in [2.24, 2.45) is 0 Å². The van der Waals surface area contributed by atoms with E-state index in [1.54, 1.807) is 0 Å². The third kappa shape index (κ3) is 46.5. The Kier molecular flexibility index (Phi) is 47.4. The molecule has 1 unspecified atom stereocenters. The highest BCUT2D eigenvalue weighted by atomic mass is 16.6. The van der Waals surface area contributed by atoms with Crippen LogP contribution in [-0.4, -0.2) is 37.9 Å². The fraction of sp³-hybridized carbons (Fsp3) is 0.811. The molecule has 1 atom stereocenters. The average molecular weight is 813 g/mol. The number of carbonyl (C=O) groups excluding carboxylic acids is 2. The molecule has 0 rings (SSSR count). The predicted octanol–water partition coefficient (Wildman–Crippen LogP) is 16.8. The van der Waals surface area contributed by atoms with Gasteiger partial charge in [-0.05, 0) is 83.5 Å². The zero-order valence-electron chi connectivity index (χ0n) is 38.8. The second kappa shape index (κ2) is 49.2. The van der Waals surface area contributed by atoms with Crippen LogP contribution in [0.2, 0.25) is 0 Å². The van der Waals surface area contributed by atoms with E-state index in [1.165, 1.54) is 154 Å². The van der Waals surface area contributed by atoms with Crippen LogP contribution in [0.1, 0.15) is 252 Å². The molecule has 0 radical (unpaired) electrons. The summed E-state index contributed by atoms with van der Waals surface area (Å²) in [6.07, 6.45) is 59.7. The molecular weight excluding hydrogens is 717 g/mol. The monoisotopic (exact) mass is 813 g/mol. The van der Waals surface area contributed by atoms with E-state index in [-0.39, 0.29) is 25.2 Å². The number of esters is 2. The summed E-state index contributed by atoms with van der Waals surface area (Å²) in [5, 5.41) is 0. The minimum atomic E-state index is -0.539. The second-order valence-electron chi connectivity index (χ2n) is 16.7. The van der Waals surface area contributed by atoms with Crippen molar-refractivity contribution >= 4 is 11.9 Å². The topological polar surface area (TPSA) is 61.8 Å². The molecule has 0 heterocycles. The largest absolute Gasteiger partial charge is 0.462 e. The number of ether oxygens (including phenoxy) is 3. The van der Waals surface area contributed by atoms with E-state index in [1.807, 2.05) is 0 Å². The maximum absolute atomic E-state index is 12.8. The van der Waals surface area contributed by atoms with Crippen LogP contribution in [-0.2, 0) is 23.8 Å². The van der Waals surface area contributed by atoms with Crippen LogP contribution in [0.25, 0.3) is 0 Å². The molecule has 0 aliphatic carbocycles. The van der Waals surface area contributed by atoms with Gasteiger partial charge in [0.15, 0.2) is 6.10 Å². The lowest BCUT2D eigenvalue weighted by molar-refractivity contribution is -0.163. The van der Waals surface area contributed by atoms with Gasteiger partial charge in [0.25, 0.3) is 0 Å². The van der Waals surface area contributed by atoms with Gasteiger partial charge in [-0.25, -0.2) is 0 Å². The van der Waals surface area contributed by atoms with Gasteiger partial charge in [-0.2, -0.15) is 0 Å². The average Bonchev–Trinajstić information content (AvgIpc) is 3.22. The summed E-state index contributed by atoms with van der Waals surface area (Å²) >= 11 is 0. The number of hydrogen-bond acceptors (Lipinski definition) is 5. The minimum Gasteiger partial charge on any atom is -0.462 e. The highest BCUT2D eigenvalue weighted by Gasteiger charge is 2.17. The number of unbranched alkanes of at least 4 members (excludes halogenated alkanes) is 27. The van der Waals surface area contributed by atoms with Crippen LogP contribution in [0.3, 0.4) is 0 Å². The van der Waals surface area contributed by atoms with Crippen molar-refractivity contribution in [3.63, 3.8) is 0 Å². The van der Waals surface area contributed by atoms with Gasteiger partial charge in [-0.15, -0.1) is 0 Å². The molecular formula is C53H96O5. The van der Waals surface area contributed by atoms with Crippen LogP contribution >= 0.6 is 0 Å². The van der Waals surface area contributed by atoms with Crippen LogP contribution in [0.15, 0.2) is 48.6 Å². The first-order valence-corrected chi connectivity index (χ1v) is 25.2. The van der Waals surface area contributed by atoms with Crippen LogP contribution < -0.4 is 0 Å². The van der Waals surface area contributed by atoms with Crippen LogP contribution in [0.5, 0.6) is 0 Å². The lowest BCUT2D eigenvalue weighted by atomic mass is 10.1. The molecule has 0 N–H and O–H groups in total. The Balaban J connectivity index is 4.18. The van der Waals surface area contributed by atoms with E-state index >= 15 is 0 Å². The molecule has 5 heteroatoms. The standard InChI is InChI=1S/C53H96O5/c1-4-7-10-13-16-19-21-23-25-27-29-31-33-35-37-40-43-46-52(54)57-50-51(49-56-48-45-42-39-18-15-12-9-6-3)58-53(55)47-44-41-38-36-34-32-30-28-26-24-22-20-17-14-11-8-5-2/h16-17,19-20,23-26,51H,4-15,18,21-22,27-50H2,1-3H3/b19-16-,20-17-,25-23-,26-24-. The molecule has 0 aliphatic heterocycles. The van der Waals surface area contributed by atoms with Crippen molar-refractivity contribution in [1.82, 2.24) is 0 Å². The Morgan fingerprint density at radius 1 is 0.379 bits per heavy atom. The maximum atomic E-state index is 12.8. The molecule has 0 aromatic rings. The molecule has 0 saturated heterocycles. The molecule has 0 aliphatic rings. The summed E-state index contributed by atoms with van der Waals surface area (Å²) in [6.45, 7) is 7.77. The third-order valence-electron chi connectivity index (χ3n) is 10.8. The first kappa shape index (κ1) is 55.9. The summed E-state index contributed by atoms with van der Waals surface area (Å²) in [5.41, 5.74) is 0. The fourth-order valence-electron chi connectivity index (χ4n) is 7.04. The molecule has 0 amide bonds. The third-order valence-corrected chi connectivity index (χ3v) is 10.8. The summed E-state index contributed by atoms with van der Waals surface area (Å²) < 4.78 is 17.3. The van der Waals surface area contributed by atoms with E-state index in [9.17, 15) is 9.59 Å². The molecule has 0 saturated carbocycles. The highest BCUT2D eigenvalue weighted by Crippen LogP contribution is 2.14. The number of carbonyl (C=O) groups is 2. The predicted molar refractivity (Wildman–Crippen MR) is 251 cm³/mol. The Hall–Kier alpha value is -2.14. The normalized spacial score (nSPS) is 12.5. The Bertz CT molecular complexity index is 966. The zero-order chi connectivity index (χ0) is 42.1. The Labute approximate surface area is 361 Å².